The minimum absolute atomic E-state index is 0.0380. The summed E-state index contributed by atoms with van der Waals surface area (Å²) >= 11 is 0. The second-order valence-electron chi connectivity index (χ2n) is 5.23. The van der Waals surface area contributed by atoms with Crippen LogP contribution < -0.4 is 5.73 Å². The van der Waals surface area contributed by atoms with Gasteiger partial charge < -0.3 is 10.6 Å². The van der Waals surface area contributed by atoms with E-state index in [0.717, 1.165) is 5.56 Å². The molecule has 3 heteroatoms. The topological polar surface area (TPSA) is 46.3 Å². The molecule has 2 rings (SSSR count). The maximum Gasteiger partial charge on any atom is 0.239 e. The molecule has 0 aromatic heterocycles. The van der Waals surface area contributed by atoms with Gasteiger partial charge in [0, 0.05) is 14.1 Å². The van der Waals surface area contributed by atoms with E-state index in [1.54, 1.807) is 14.1 Å². The fourth-order valence-corrected chi connectivity index (χ4v) is 2.21. The lowest BCUT2D eigenvalue weighted by molar-refractivity contribution is -0.130. The lowest BCUT2D eigenvalue weighted by atomic mass is 10.0. The highest BCUT2D eigenvalue weighted by atomic mass is 16.2. The van der Waals surface area contributed by atoms with Crippen molar-refractivity contribution < 1.29 is 4.79 Å². The Morgan fingerprint density at radius 2 is 1.79 bits per heavy atom. The van der Waals surface area contributed by atoms with Crippen molar-refractivity contribution in [2.45, 2.75) is 19.4 Å². The molecule has 3 nitrogen and oxygen atoms in total. The zero-order valence-electron chi connectivity index (χ0n) is 11.7. The third-order valence-electron chi connectivity index (χ3n) is 3.27. The summed E-state index contributed by atoms with van der Waals surface area (Å²) in [6.45, 7) is 2.08. The van der Waals surface area contributed by atoms with Crippen LogP contribution in [0.15, 0.2) is 36.4 Å². The molecule has 0 aliphatic carbocycles. The number of carbonyl (C=O) groups is 1. The van der Waals surface area contributed by atoms with E-state index >= 15 is 0 Å². The number of fused-ring (bicyclic) bond motifs is 1. The molecule has 100 valence electrons. The Morgan fingerprint density at radius 1 is 1.16 bits per heavy atom. The number of hydrogen-bond acceptors (Lipinski definition) is 2. The quantitative estimate of drug-likeness (QED) is 0.914. The van der Waals surface area contributed by atoms with E-state index in [2.05, 4.69) is 37.3 Å². The van der Waals surface area contributed by atoms with Gasteiger partial charge in [-0.25, -0.2) is 0 Å². The first-order valence-corrected chi connectivity index (χ1v) is 6.43. The monoisotopic (exact) mass is 256 g/mol. The van der Waals surface area contributed by atoms with E-state index in [1.807, 2.05) is 6.07 Å². The molecule has 0 aliphatic heterocycles. The smallest absolute Gasteiger partial charge is 0.239 e. The molecular weight excluding hydrogens is 236 g/mol. The fourth-order valence-electron chi connectivity index (χ4n) is 2.21. The lowest BCUT2D eigenvalue weighted by Crippen LogP contribution is -2.41. The molecule has 2 aromatic carbocycles. The van der Waals surface area contributed by atoms with Crippen molar-refractivity contribution in [2.75, 3.05) is 14.1 Å². The first kappa shape index (κ1) is 13.6. The molecule has 0 saturated heterocycles. The van der Waals surface area contributed by atoms with Crippen molar-refractivity contribution in [3.05, 3.63) is 47.5 Å². The van der Waals surface area contributed by atoms with Crippen LogP contribution in [-0.2, 0) is 11.2 Å². The SMILES string of the molecule is Cc1ccc2cc(CC(N)C(=O)N(C)C)ccc2c1. The Kier molecular flexibility index (Phi) is 3.86. The van der Waals surface area contributed by atoms with Crippen molar-refractivity contribution in [1.82, 2.24) is 4.90 Å². The molecule has 1 atom stereocenters. The fraction of sp³-hybridized carbons (Fsp3) is 0.312. The van der Waals surface area contributed by atoms with Crippen LogP contribution in [0, 0.1) is 6.92 Å². The standard InChI is InChI=1S/C16H20N2O/c1-11-4-6-14-9-12(5-7-13(14)8-11)10-15(17)16(19)18(2)3/h4-9,15H,10,17H2,1-3H3. The first-order chi connectivity index (χ1) is 8.97. The van der Waals surface area contributed by atoms with Gasteiger partial charge in [-0.2, -0.15) is 0 Å². The molecule has 2 N–H and O–H groups in total. The van der Waals surface area contributed by atoms with Gasteiger partial charge in [0.1, 0.15) is 0 Å². The maximum atomic E-state index is 11.8. The van der Waals surface area contributed by atoms with Gasteiger partial charge in [-0.15, -0.1) is 0 Å². The van der Waals surface area contributed by atoms with Gasteiger partial charge in [-0.3, -0.25) is 4.79 Å². The number of rotatable bonds is 3. The lowest BCUT2D eigenvalue weighted by Gasteiger charge is -2.16. The predicted octanol–water partition coefficient (Wildman–Crippen LogP) is 2.11. The minimum Gasteiger partial charge on any atom is -0.347 e. The van der Waals surface area contributed by atoms with Gasteiger partial charge in [-0.05, 0) is 29.7 Å². The Hall–Kier alpha value is -1.87. The highest BCUT2D eigenvalue weighted by molar-refractivity contribution is 5.84. The van der Waals surface area contributed by atoms with Gasteiger partial charge in [0.15, 0.2) is 0 Å². The number of likely N-dealkylation sites (N-methyl/N-ethyl adjacent to an activating group) is 1. The Morgan fingerprint density at radius 3 is 2.47 bits per heavy atom. The molecule has 0 radical (unpaired) electrons. The molecule has 0 fully saturated rings. The molecule has 0 saturated carbocycles. The number of carbonyl (C=O) groups excluding carboxylic acids is 1. The van der Waals surface area contributed by atoms with E-state index in [-0.39, 0.29) is 5.91 Å². The molecule has 2 aromatic rings. The van der Waals surface area contributed by atoms with E-state index in [4.69, 9.17) is 5.73 Å². The number of amides is 1. The molecule has 0 bridgehead atoms. The third-order valence-corrected chi connectivity index (χ3v) is 3.27. The Balaban J connectivity index is 2.22. The normalized spacial score (nSPS) is 12.4. The largest absolute Gasteiger partial charge is 0.347 e. The highest BCUT2D eigenvalue weighted by Gasteiger charge is 2.15. The summed E-state index contributed by atoms with van der Waals surface area (Å²) in [7, 11) is 3.46. The summed E-state index contributed by atoms with van der Waals surface area (Å²) in [6, 6.07) is 12.1. The summed E-state index contributed by atoms with van der Waals surface area (Å²) in [4.78, 5) is 13.3. The first-order valence-electron chi connectivity index (χ1n) is 6.43. The van der Waals surface area contributed by atoms with Crippen LogP contribution in [0.4, 0.5) is 0 Å². The van der Waals surface area contributed by atoms with E-state index < -0.39 is 6.04 Å². The third kappa shape index (κ3) is 3.12. The number of aryl methyl sites for hydroxylation is 1. The predicted molar refractivity (Wildman–Crippen MR) is 79.1 cm³/mol. The summed E-state index contributed by atoms with van der Waals surface area (Å²) < 4.78 is 0. The molecule has 1 unspecified atom stereocenters. The second-order valence-corrected chi connectivity index (χ2v) is 5.23. The molecule has 0 heterocycles. The highest BCUT2D eigenvalue weighted by Crippen LogP contribution is 2.18. The van der Waals surface area contributed by atoms with Crippen molar-refractivity contribution in [3.63, 3.8) is 0 Å². The van der Waals surface area contributed by atoms with Crippen LogP contribution in [-0.4, -0.2) is 30.9 Å². The Bertz CT molecular complexity index is 605. The van der Waals surface area contributed by atoms with Crippen LogP contribution in [0.2, 0.25) is 0 Å². The summed E-state index contributed by atoms with van der Waals surface area (Å²) in [5, 5.41) is 2.41. The van der Waals surface area contributed by atoms with E-state index in [9.17, 15) is 4.79 Å². The van der Waals surface area contributed by atoms with E-state index in [0.29, 0.717) is 6.42 Å². The Labute approximate surface area is 114 Å². The van der Waals surface area contributed by atoms with Crippen molar-refractivity contribution in [3.8, 4) is 0 Å². The van der Waals surface area contributed by atoms with Gasteiger partial charge in [0.2, 0.25) is 5.91 Å². The molecule has 1 amide bonds. The van der Waals surface area contributed by atoms with Crippen LogP contribution in [0.25, 0.3) is 10.8 Å². The van der Waals surface area contributed by atoms with Gasteiger partial charge in [0.05, 0.1) is 6.04 Å². The van der Waals surface area contributed by atoms with Gasteiger partial charge >= 0.3 is 0 Å². The molecule has 0 aliphatic rings. The zero-order valence-corrected chi connectivity index (χ0v) is 11.7. The number of nitrogens with zero attached hydrogens (tertiary/aromatic N) is 1. The average Bonchev–Trinajstić information content (AvgIpc) is 2.37. The average molecular weight is 256 g/mol. The van der Waals surface area contributed by atoms with Crippen molar-refractivity contribution in [2.24, 2.45) is 5.73 Å². The van der Waals surface area contributed by atoms with Crippen LogP contribution in [0.1, 0.15) is 11.1 Å². The zero-order chi connectivity index (χ0) is 14.0. The van der Waals surface area contributed by atoms with Crippen LogP contribution in [0.3, 0.4) is 0 Å². The molecule has 0 spiro atoms. The summed E-state index contributed by atoms with van der Waals surface area (Å²) in [5.74, 6) is -0.0380. The van der Waals surface area contributed by atoms with Crippen LogP contribution >= 0.6 is 0 Å². The number of hydrogen-bond donors (Lipinski definition) is 1. The summed E-state index contributed by atoms with van der Waals surface area (Å²) in [5.41, 5.74) is 8.27. The van der Waals surface area contributed by atoms with Crippen molar-refractivity contribution in [1.29, 1.82) is 0 Å². The van der Waals surface area contributed by atoms with Gasteiger partial charge in [-0.1, -0.05) is 42.0 Å². The second kappa shape index (κ2) is 5.41. The van der Waals surface area contributed by atoms with Crippen LogP contribution in [0.5, 0.6) is 0 Å². The number of benzene rings is 2. The molecule has 19 heavy (non-hydrogen) atoms. The maximum absolute atomic E-state index is 11.8. The molecular formula is C16H20N2O. The van der Waals surface area contributed by atoms with E-state index in [1.165, 1.54) is 21.2 Å². The van der Waals surface area contributed by atoms with Gasteiger partial charge in [0.25, 0.3) is 0 Å². The number of nitrogens with two attached hydrogens (primary N) is 1. The van der Waals surface area contributed by atoms with Crippen molar-refractivity contribution >= 4 is 16.7 Å². The summed E-state index contributed by atoms with van der Waals surface area (Å²) in [6.07, 6.45) is 0.570. The minimum atomic E-state index is -0.474.